The van der Waals surface area contributed by atoms with Crippen molar-refractivity contribution in [2.24, 2.45) is 11.7 Å². The molecule has 29 heavy (non-hydrogen) atoms. The first kappa shape index (κ1) is 20.5. The third-order valence-corrected chi connectivity index (χ3v) is 4.85. The molecule has 9 heteroatoms. The average Bonchev–Trinajstić information content (AvgIpc) is 2.67. The lowest BCUT2D eigenvalue weighted by Gasteiger charge is -2.32. The van der Waals surface area contributed by atoms with Crippen LogP contribution in [0.2, 0.25) is 0 Å². The number of carbonyl (C=O) groups is 2. The van der Waals surface area contributed by atoms with Gasteiger partial charge in [0.1, 0.15) is 11.5 Å². The molecule has 1 heterocycles. The number of anilines is 1. The van der Waals surface area contributed by atoms with Gasteiger partial charge in [0.25, 0.3) is 5.91 Å². The molecule has 3 rings (SSSR count). The predicted molar refractivity (Wildman–Crippen MR) is 99.1 cm³/mol. The number of hydrogen-bond donors (Lipinski definition) is 2. The van der Waals surface area contributed by atoms with Crippen LogP contribution in [0.25, 0.3) is 0 Å². The maximum Gasteiger partial charge on any atom is 0.416 e. The minimum Gasteiger partial charge on any atom is -0.481 e. The number of nitrogens with two attached hydrogens (primary N) is 1. The molecule has 1 amide bonds. The van der Waals surface area contributed by atoms with Gasteiger partial charge in [0, 0.05) is 24.8 Å². The van der Waals surface area contributed by atoms with Crippen molar-refractivity contribution in [1.82, 2.24) is 0 Å². The SMILES string of the molecule is NC(=O)c1ccc(N2CCC(C(=O)O)CC2)cc1Oc1ccc(C(F)(F)F)cc1. The van der Waals surface area contributed by atoms with Crippen LogP contribution < -0.4 is 15.4 Å². The number of primary amides is 1. The molecular weight excluding hydrogens is 389 g/mol. The summed E-state index contributed by atoms with van der Waals surface area (Å²) in [6.45, 7) is 1.04. The van der Waals surface area contributed by atoms with Crippen molar-refractivity contribution in [2.75, 3.05) is 18.0 Å². The van der Waals surface area contributed by atoms with Gasteiger partial charge in [0.2, 0.25) is 0 Å². The number of carboxylic acid groups (broad SMARTS) is 1. The molecule has 6 nitrogen and oxygen atoms in total. The number of rotatable bonds is 5. The van der Waals surface area contributed by atoms with Crippen LogP contribution in [-0.4, -0.2) is 30.1 Å². The van der Waals surface area contributed by atoms with E-state index in [9.17, 15) is 22.8 Å². The van der Waals surface area contributed by atoms with Gasteiger partial charge in [-0.25, -0.2) is 0 Å². The Bertz CT molecular complexity index is 905. The zero-order chi connectivity index (χ0) is 21.2. The molecule has 0 radical (unpaired) electrons. The molecular formula is C20H19F3N2O4. The van der Waals surface area contributed by atoms with Crippen LogP contribution in [0.4, 0.5) is 18.9 Å². The van der Waals surface area contributed by atoms with Crippen LogP contribution in [0.3, 0.4) is 0 Å². The quantitative estimate of drug-likeness (QED) is 0.783. The summed E-state index contributed by atoms with van der Waals surface area (Å²) in [7, 11) is 0. The normalized spacial score (nSPS) is 15.2. The first-order chi connectivity index (χ1) is 13.6. The fourth-order valence-corrected chi connectivity index (χ4v) is 3.22. The molecule has 3 N–H and O–H groups in total. The average molecular weight is 408 g/mol. The summed E-state index contributed by atoms with van der Waals surface area (Å²) in [5.41, 5.74) is 5.37. The van der Waals surface area contributed by atoms with Gasteiger partial charge in [-0.2, -0.15) is 13.2 Å². The van der Waals surface area contributed by atoms with E-state index in [0.29, 0.717) is 31.6 Å². The van der Waals surface area contributed by atoms with Gasteiger partial charge in [-0.05, 0) is 49.2 Å². The molecule has 2 aromatic carbocycles. The number of benzene rings is 2. The summed E-state index contributed by atoms with van der Waals surface area (Å²) in [5, 5.41) is 9.11. The topological polar surface area (TPSA) is 92.9 Å². The van der Waals surface area contributed by atoms with E-state index in [4.69, 9.17) is 15.6 Å². The van der Waals surface area contributed by atoms with E-state index in [1.54, 1.807) is 12.1 Å². The van der Waals surface area contributed by atoms with E-state index >= 15 is 0 Å². The monoisotopic (exact) mass is 408 g/mol. The van der Waals surface area contributed by atoms with E-state index in [2.05, 4.69) is 0 Å². The van der Waals surface area contributed by atoms with Crippen molar-refractivity contribution in [3.8, 4) is 11.5 Å². The molecule has 2 aromatic rings. The molecule has 0 unspecified atom stereocenters. The Morgan fingerprint density at radius 2 is 1.69 bits per heavy atom. The number of halogens is 3. The molecule has 0 aromatic heterocycles. The molecule has 1 aliphatic rings. The summed E-state index contributed by atoms with van der Waals surface area (Å²) >= 11 is 0. The molecule has 0 spiro atoms. The van der Waals surface area contributed by atoms with Crippen molar-refractivity contribution in [3.05, 3.63) is 53.6 Å². The first-order valence-corrected chi connectivity index (χ1v) is 8.92. The third-order valence-electron chi connectivity index (χ3n) is 4.85. The Balaban J connectivity index is 1.82. The van der Waals surface area contributed by atoms with Crippen LogP contribution in [0.15, 0.2) is 42.5 Å². The Hall–Kier alpha value is -3.23. The Kier molecular flexibility index (Phi) is 5.67. The molecule has 0 saturated carbocycles. The number of carbonyl (C=O) groups excluding carboxylic acids is 1. The van der Waals surface area contributed by atoms with Crippen LogP contribution in [0, 0.1) is 5.92 Å². The zero-order valence-corrected chi connectivity index (χ0v) is 15.3. The number of amides is 1. The van der Waals surface area contributed by atoms with Gasteiger partial charge in [-0.3, -0.25) is 9.59 Å². The molecule has 0 bridgehead atoms. The largest absolute Gasteiger partial charge is 0.481 e. The van der Waals surface area contributed by atoms with Gasteiger partial charge < -0.3 is 20.5 Å². The highest BCUT2D eigenvalue weighted by molar-refractivity contribution is 5.96. The second kappa shape index (κ2) is 8.02. The molecule has 1 fully saturated rings. The highest BCUT2D eigenvalue weighted by Crippen LogP contribution is 2.34. The number of carboxylic acids is 1. The molecule has 1 aliphatic heterocycles. The maximum atomic E-state index is 12.7. The smallest absolute Gasteiger partial charge is 0.416 e. The highest BCUT2D eigenvalue weighted by atomic mass is 19.4. The molecule has 1 saturated heterocycles. The van der Waals surface area contributed by atoms with Crippen molar-refractivity contribution in [3.63, 3.8) is 0 Å². The van der Waals surface area contributed by atoms with Gasteiger partial charge in [-0.1, -0.05) is 0 Å². The Morgan fingerprint density at radius 3 is 2.21 bits per heavy atom. The van der Waals surface area contributed by atoms with Crippen molar-refractivity contribution in [2.45, 2.75) is 19.0 Å². The van der Waals surface area contributed by atoms with Gasteiger partial charge in [0.05, 0.1) is 17.0 Å². The van der Waals surface area contributed by atoms with Crippen molar-refractivity contribution >= 4 is 17.6 Å². The van der Waals surface area contributed by atoms with Crippen LogP contribution >= 0.6 is 0 Å². The number of hydrogen-bond acceptors (Lipinski definition) is 4. The lowest BCUT2D eigenvalue weighted by molar-refractivity contribution is -0.142. The van der Waals surface area contributed by atoms with Crippen LogP contribution in [0.5, 0.6) is 11.5 Å². The highest BCUT2D eigenvalue weighted by Gasteiger charge is 2.30. The predicted octanol–water partition coefficient (Wildman–Crippen LogP) is 3.90. The van der Waals surface area contributed by atoms with Crippen LogP contribution in [-0.2, 0) is 11.0 Å². The van der Waals surface area contributed by atoms with Gasteiger partial charge in [0.15, 0.2) is 0 Å². The second-order valence-electron chi connectivity index (χ2n) is 6.77. The Labute approximate surface area is 164 Å². The van der Waals surface area contributed by atoms with E-state index < -0.39 is 23.6 Å². The summed E-state index contributed by atoms with van der Waals surface area (Å²) < 4.78 is 43.8. The van der Waals surface area contributed by atoms with E-state index in [1.165, 1.54) is 18.2 Å². The first-order valence-electron chi connectivity index (χ1n) is 8.92. The van der Waals surface area contributed by atoms with Crippen molar-refractivity contribution < 1.29 is 32.6 Å². The number of piperidine rings is 1. The van der Waals surface area contributed by atoms with E-state index in [0.717, 1.165) is 12.1 Å². The summed E-state index contributed by atoms with van der Waals surface area (Å²) in [5.74, 6) is -1.69. The molecule has 0 aliphatic carbocycles. The number of aliphatic carboxylic acids is 1. The number of ether oxygens (including phenoxy) is 1. The zero-order valence-electron chi connectivity index (χ0n) is 15.3. The van der Waals surface area contributed by atoms with Crippen LogP contribution in [0.1, 0.15) is 28.8 Å². The van der Waals surface area contributed by atoms with E-state index in [-0.39, 0.29) is 23.0 Å². The lowest BCUT2D eigenvalue weighted by Crippen LogP contribution is -2.36. The van der Waals surface area contributed by atoms with E-state index in [1.807, 2.05) is 4.90 Å². The number of alkyl halides is 3. The standard InChI is InChI=1S/C20H19F3N2O4/c21-20(22,23)13-1-4-15(5-2-13)29-17-11-14(3-6-16(17)18(24)26)25-9-7-12(8-10-25)19(27)28/h1-6,11-12H,7-10H2,(H2,24,26)(H,27,28). The Morgan fingerprint density at radius 1 is 1.07 bits per heavy atom. The minimum atomic E-state index is -4.46. The molecule has 0 atom stereocenters. The second-order valence-corrected chi connectivity index (χ2v) is 6.77. The third kappa shape index (κ3) is 4.79. The number of nitrogens with zero attached hydrogens (tertiary/aromatic N) is 1. The lowest BCUT2D eigenvalue weighted by atomic mass is 9.96. The maximum absolute atomic E-state index is 12.7. The fraction of sp³-hybridized carbons (Fsp3) is 0.300. The summed E-state index contributed by atoms with van der Waals surface area (Å²) in [6, 6.07) is 8.86. The van der Waals surface area contributed by atoms with Gasteiger partial charge in [-0.15, -0.1) is 0 Å². The summed E-state index contributed by atoms with van der Waals surface area (Å²) in [6.07, 6.45) is -3.48. The minimum absolute atomic E-state index is 0.0917. The fourth-order valence-electron chi connectivity index (χ4n) is 3.22. The van der Waals surface area contributed by atoms with Crippen molar-refractivity contribution in [1.29, 1.82) is 0 Å². The molecule has 154 valence electrons. The summed E-state index contributed by atoms with van der Waals surface area (Å²) in [4.78, 5) is 24.8. The van der Waals surface area contributed by atoms with Gasteiger partial charge >= 0.3 is 12.1 Å².